The molecule has 1 heterocycles. The maximum Gasteiger partial charge on any atom is 0.138 e. The van der Waals surface area contributed by atoms with Crippen molar-refractivity contribution in [2.75, 3.05) is 6.54 Å². The van der Waals surface area contributed by atoms with Crippen LogP contribution in [0.15, 0.2) is 18.5 Å². The van der Waals surface area contributed by atoms with E-state index in [4.69, 9.17) is 4.74 Å². The summed E-state index contributed by atoms with van der Waals surface area (Å²) in [6.45, 7) is 7.40. The Morgan fingerprint density at radius 1 is 1.24 bits per heavy atom. The van der Waals surface area contributed by atoms with E-state index >= 15 is 0 Å². The fourth-order valence-electron chi connectivity index (χ4n) is 3.27. The van der Waals surface area contributed by atoms with Crippen LogP contribution in [-0.2, 0) is 0 Å². The normalized spacial score (nSPS) is 17.9. The molecule has 0 aromatic carbocycles. The van der Waals surface area contributed by atoms with E-state index in [9.17, 15) is 0 Å². The molecule has 1 saturated carbocycles. The van der Waals surface area contributed by atoms with Gasteiger partial charge >= 0.3 is 0 Å². The van der Waals surface area contributed by atoms with E-state index in [1.165, 1.54) is 44.1 Å². The smallest absolute Gasteiger partial charge is 0.138 e. The highest BCUT2D eigenvalue weighted by molar-refractivity contribution is 5.26. The predicted molar refractivity (Wildman–Crippen MR) is 87.6 cm³/mol. The van der Waals surface area contributed by atoms with Crippen molar-refractivity contribution in [2.45, 2.75) is 71.4 Å². The van der Waals surface area contributed by atoms with Gasteiger partial charge in [-0.25, -0.2) is 0 Å². The van der Waals surface area contributed by atoms with Crippen LogP contribution in [0.4, 0.5) is 0 Å². The van der Waals surface area contributed by atoms with Crippen LogP contribution in [0.25, 0.3) is 0 Å². The molecule has 3 nitrogen and oxygen atoms in total. The van der Waals surface area contributed by atoms with Crippen molar-refractivity contribution < 1.29 is 4.74 Å². The molecule has 1 aliphatic carbocycles. The summed E-state index contributed by atoms with van der Waals surface area (Å²) in [6.07, 6.45) is 12.0. The molecule has 0 radical (unpaired) electrons. The van der Waals surface area contributed by atoms with Crippen molar-refractivity contribution in [1.82, 2.24) is 10.3 Å². The van der Waals surface area contributed by atoms with Crippen molar-refractivity contribution >= 4 is 0 Å². The van der Waals surface area contributed by atoms with E-state index in [0.29, 0.717) is 6.04 Å². The van der Waals surface area contributed by atoms with Gasteiger partial charge in [-0.15, -0.1) is 0 Å². The maximum atomic E-state index is 5.81. The molecule has 1 atom stereocenters. The first-order chi connectivity index (χ1) is 10.2. The van der Waals surface area contributed by atoms with E-state index in [2.05, 4.69) is 37.1 Å². The van der Waals surface area contributed by atoms with Gasteiger partial charge < -0.3 is 10.1 Å². The van der Waals surface area contributed by atoms with Crippen LogP contribution >= 0.6 is 0 Å². The first kappa shape index (κ1) is 16.3. The summed E-state index contributed by atoms with van der Waals surface area (Å²) in [7, 11) is 0. The van der Waals surface area contributed by atoms with E-state index in [1.807, 2.05) is 12.4 Å². The quantitative estimate of drug-likeness (QED) is 0.803. The largest absolute Gasteiger partial charge is 0.489 e. The number of hydrogen-bond acceptors (Lipinski definition) is 3. The minimum Gasteiger partial charge on any atom is -0.489 e. The number of rotatable bonds is 7. The molecule has 2 rings (SSSR count). The first-order valence-electron chi connectivity index (χ1n) is 8.55. The Hall–Kier alpha value is -1.09. The second kappa shape index (κ2) is 8.38. The van der Waals surface area contributed by atoms with E-state index in [1.54, 1.807) is 0 Å². The lowest BCUT2D eigenvalue weighted by Gasteiger charge is -2.31. The van der Waals surface area contributed by atoms with Crippen molar-refractivity contribution in [3.05, 3.63) is 24.0 Å². The van der Waals surface area contributed by atoms with Crippen molar-refractivity contribution in [1.29, 1.82) is 0 Å². The Bertz CT molecular complexity index is 413. The molecule has 3 heteroatoms. The topological polar surface area (TPSA) is 34.2 Å². The number of nitrogens with one attached hydrogen (secondary N) is 1. The van der Waals surface area contributed by atoms with E-state index < -0.39 is 0 Å². The molecule has 1 aromatic heterocycles. The summed E-state index contributed by atoms with van der Waals surface area (Å²) in [5.41, 5.74) is 1.29. The minimum atomic E-state index is 0.193. The number of aromatic nitrogens is 1. The molecule has 1 unspecified atom stereocenters. The molecule has 0 bridgehead atoms. The molecule has 1 aliphatic rings. The highest BCUT2D eigenvalue weighted by Gasteiger charge is 2.25. The molecule has 1 fully saturated rings. The zero-order valence-corrected chi connectivity index (χ0v) is 13.8. The number of pyridine rings is 1. The molecule has 1 aromatic rings. The third kappa shape index (κ3) is 4.99. The van der Waals surface area contributed by atoms with E-state index in [0.717, 1.165) is 18.2 Å². The Morgan fingerprint density at radius 2 is 2.00 bits per heavy atom. The predicted octanol–water partition coefficient (Wildman–Crippen LogP) is 4.49. The standard InChI is InChI=1S/C18H30N2O/c1-4-10-20-18(15-8-6-5-7-9-15)16-11-17(13-19-12-16)21-14(2)3/h11-15,18,20H,4-10H2,1-3H3. The maximum absolute atomic E-state index is 5.81. The van der Waals surface area contributed by atoms with Gasteiger partial charge in [-0.1, -0.05) is 26.2 Å². The summed E-state index contributed by atoms with van der Waals surface area (Å²) in [4.78, 5) is 4.40. The van der Waals surface area contributed by atoms with Gasteiger partial charge in [0.25, 0.3) is 0 Å². The van der Waals surface area contributed by atoms with Gasteiger partial charge in [-0.3, -0.25) is 4.98 Å². The van der Waals surface area contributed by atoms with Gasteiger partial charge in [-0.2, -0.15) is 0 Å². The fourth-order valence-corrected chi connectivity index (χ4v) is 3.27. The van der Waals surface area contributed by atoms with Crippen LogP contribution in [-0.4, -0.2) is 17.6 Å². The molecule has 0 amide bonds. The molecular formula is C18H30N2O. The number of nitrogens with zero attached hydrogens (tertiary/aromatic N) is 1. The van der Waals surface area contributed by atoms with Crippen molar-refractivity contribution in [3.63, 3.8) is 0 Å². The molecule has 21 heavy (non-hydrogen) atoms. The third-order valence-electron chi connectivity index (χ3n) is 4.20. The molecular weight excluding hydrogens is 260 g/mol. The van der Waals surface area contributed by atoms with Crippen molar-refractivity contribution in [2.24, 2.45) is 5.92 Å². The zero-order valence-electron chi connectivity index (χ0n) is 13.8. The van der Waals surface area contributed by atoms with Gasteiger partial charge in [-0.05, 0) is 57.2 Å². The van der Waals surface area contributed by atoms with Gasteiger partial charge in [0.1, 0.15) is 5.75 Å². The summed E-state index contributed by atoms with van der Waals surface area (Å²) >= 11 is 0. The summed E-state index contributed by atoms with van der Waals surface area (Å²) in [5.74, 6) is 1.63. The molecule has 0 aliphatic heterocycles. The van der Waals surface area contributed by atoms with E-state index in [-0.39, 0.29) is 6.10 Å². The second-order valence-corrected chi connectivity index (χ2v) is 6.45. The summed E-state index contributed by atoms with van der Waals surface area (Å²) in [5, 5.41) is 3.74. The first-order valence-corrected chi connectivity index (χ1v) is 8.55. The van der Waals surface area contributed by atoms with Crippen LogP contribution in [0.5, 0.6) is 5.75 Å². The lowest BCUT2D eigenvalue weighted by molar-refractivity contribution is 0.239. The Balaban J connectivity index is 2.14. The number of hydrogen-bond donors (Lipinski definition) is 1. The van der Waals surface area contributed by atoms with Gasteiger partial charge in [0.2, 0.25) is 0 Å². The minimum absolute atomic E-state index is 0.193. The Labute approximate surface area is 129 Å². The molecule has 1 N–H and O–H groups in total. The van der Waals surface area contributed by atoms with Crippen LogP contribution in [0.2, 0.25) is 0 Å². The van der Waals surface area contributed by atoms with Crippen LogP contribution in [0, 0.1) is 5.92 Å². The van der Waals surface area contributed by atoms with Gasteiger partial charge in [0, 0.05) is 12.2 Å². The zero-order chi connectivity index (χ0) is 15.1. The van der Waals surface area contributed by atoms with Crippen LogP contribution in [0.3, 0.4) is 0 Å². The second-order valence-electron chi connectivity index (χ2n) is 6.45. The summed E-state index contributed by atoms with van der Waals surface area (Å²) < 4.78 is 5.81. The molecule has 0 saturated heterocycles. The molecule has 0 spiro atoms. The highest BCUT2D eigenvalue weighted by Crippen LogP contribution is 2.35. The monoisotopic (exact) mass is 290 g/mol. The fraction of sp³-hybridized carbons (Fsp3) is 0.722. The average molecular weight is 290 g/mol. The Morgan fingerprint density at radius 3 is 2.67 bits per heavy atom. The lowest BCUT2D eigenvalue weighted by atomic mass is 9.81. The summed E-state index contributed by atoms with van der Waals surface area (Å²) in [6, 6.07) is 2.60. The van der Waals surface area contributed by atoms with Crippen molar-refractivity contribution in [3.8, 4) is 5.75 Å². The van der Waals surface area contributed by atoms with Crippen LogP contribution in [0.1, 0.15) is 70.9 Å². The van der Waals surface area contributed by atoms with Gasteiger partial charge in [0.15, 0.2) is 0 Å². The van der Waals surface area contributed by atoms with Gasteiger partial charge in [0.05, 0.1) is 12.3 Å². The Kier molecular flexibility index (Phi) is 6.50. The highest BCUT2D eigenvalue weighted by atomic mass is 16.5. The third-order valence-corrected chi connectivity index (χ3v) is 4.20. The number of ether oxygens (including phenoxy) is 1. The molecule has 118 valence electrons. The average Bonchev–Trinajstić information content (AvgIpc) is 2.48. The lowest BCUT2D eigenvalue weighted by Crippen LogP contribution is -2.30. The van der Waals surface area contributed by atoms with Crippen LogP contribution < -0.4 is 10.1 Å². The SMILES string of the molecule is CCCNC(c1cncc(OC(C)C)c1)C1CCCCC1.